The molecule has 0 radical (unpaired) electrons. The lowest BCUT2D eigenvalue weighted by atomic mass is 10.1. The highest BCUT2D eigenvalue weighted by molar-refractivity contribution is 7.80. The van der Waals surface area contributed by atoms with Gasteiger partial charge in [0.2, 0.25) is 0 Å². The average Bonchev–Trinajstić information content (AvgIpc) is 2.64. The van der Waals surface area contributed by atoms with Crippen molar-refractivity contribution in [2.45, 2.75) is 13.1 Å². The first-order valence-corrected chi connectivity index (χ1v) is 9.16. The Morgan fingerprint density at radius 2 is 1.64 bits per heavy atom. The number of halogens is 1. The topological polar surface area (TPSA) is 36.5 Å². The molecule has 6 heteroatoms. The van der Waals surface area contributed by atoms with Gasteiger partial charge in [-0.25, -0.2) is 0 Å². The molecule has 0 saturated carbocycles. The molecule has 2 N–H and O–H groups in total. The fourth-order valence-corrected chi connectivity index (χ4v) is 2.99. The van der Waals surface area contributed by atoms with Crippen LogP contribution in [0.5, 0.6) is 0 Å². The number of anilines is 1. The predicted molar refractivity (Wildman–Crippen MR) is 107 cm³/mol. The minimum Gasteiger partial charge on any atom is -0.379 e. The number of hydrogen-bond donors (Lipinski definition) is 2. The Kier molecular flexibility index (Phi) is 6.64. The third-order valence-corrected chi connectivity index (χ3v) is 4.59. The molecule has 0 spiro atoms. The van der Waals surface area contributed by atoms with Gasteiger partial charge < -0.3 is 15.4 Å². The SMILES string of the molecule is S=C(NCc1ccc(CN2CCOCC2)cc1)Nc1ccc(Cl)cc1. The van der Waals surface area contributed by atoms with Crippen LogP contribution in [0.15, 0.2) is 48.5 Å². The first kappa shape index (κ1) is 18.1. The van der Waals surface area contributed by atoms with Gasteiger partial charge in [-0.05, 0) is 47.6 Å². The second kappa shape index (κ2) is 9.15. The van der Waals surface area contributed by atoms with Crippen molar-refractivity contribution in [1.82, 2.24) is 10.2 Å². The lowest BCUT2D eigenvalue weighted by Gasteiger charge is -2.26. The molecular formula is C19H22ClN3OS. The van der Waals surface area contributed by atoms with E-state index < -0.39 is 0 Å². The maximum absolute atomic E-state index is 5.88. The minimum atomic E-state index is 0.597. The van der Waals surface area contributed by atoms with Gasteiger partial charge in [0, 0.05) is 36.9 Å². The average molecular weight is 376 g/mol. The Morgan fingerprint density at radius 1 is 1.00 bits per heavy atom. The predicted octanol–water partition coefficient (Wildman–Crippen LogP) is 3.66. The molecule has 2 aromatic rings. The van der Waals surface area contributed by atoms with E-state index >= 15 is 0 Å². The van der Waals surface area contributed by atoms with Crippen LogP contribution in [0, 0.1) is 0 Å². The van der Waals surface area contributed by atoms with E-state index in [9.17, 15) is 0 Å². The normalized spacial score (nSPS) is 14.9. The summed E-state index contributed by atoms with van der Waals surface area (Å²) in [6.45, 7) is 5.35. The smallest absolute Gasteiger partial charge is 0.171 e. The molecule has 1 saturated heterocycles. The third kappa shape index (κ3) is 5.97. The Morgan fingerprint density at radius 3 is 2.32 bits per heavy atom. The number of morpholine rings is 1. The van der Waals surface area contributed by atoms with Gasteiger partial charge in [0.25, 0.3) is 0 Å². The monoisotopic (exact) mass is 375 g/mol. The van der Waals surface area contributed by atoms with E-state index in [0.29, 0.717) is 16.7 Å². The van der Waals surface area contributed by atoms with E-state index in [2.05, 4.69) is 39.8 Å². The van der Waals surface area contributed by atoms with Crippen molar-refractivity contribution in [1.29, 1.82) is 0 Å². The number of nitrogens with zero attached hydrogens (tertiary/aromatic N) is 1. The van der Waals surface area contributed by atoms with Crippen molar-refractivity contribution in [3.05, 3.63) is 64.7 Å². The van der Waals surface area contributed by atoms with Gasteiger partial charge in [0.05, 0.1) is 13.2 Å². The molecule has 1 fully saturated rings. The van der Waals surface area contributed by atoms with Crippen LogP contribution in [0.3, 0.4) is 0 Å². The van der Waals surface area contributed by atoms with E-state index in [1.165, 1.54) is 11.1 Å². The van der Waals surface area contributed by atoms with Gasteiger partial charge in [0.1, 0.15) is 0 Å². The van der Waals surface area contributed by atoms with E-state index in [-0.39, 0.29) is 0 Å². The summed E-state index contributed by atoms with van der Waals surface area (Å²) in [5.74, 6) is 0. The number of thiocarbonyl (C=S) groups is 1. The number of rotatable bonds is 5. The molecule has 132 valence electrons. The molecule has 3 rings (SSSR count). The maximum atomic E-state index is 5.88. The van der Waals surface area contributed by atoms with Crippen molar-refractivity contribution >= 4 is 34.6 Å². The summed E-state index contributed by atoms with van der Waals surface area (Å²) < 4.78 is 5.38. The van der Waals surface area contributed by atoms with Crippen LogP contribution in [0.25, 0.3) is 0 Å². The van der Waals surface area contributed by atoms with Gasteiger partial charge in [0.15, 0.2) is 5.11 Å². The van der Waals surface area contributed by atoms with Crippen molar-refractivity contribution in [2.24, 2.45) is 0 Å². The highest BCUT2D eigenvalue weighted by atomic mass is 35.5. The second-order valence-electron chi connectivity index (χ2n) is 6.02. The molecule has 1 heterocycles. The maximum Gasteiger partial charge on any atom is 0.171 e. The minimum absolute atomic E-state index is 0.597. The number of hydrogen-bond acceptors (Lipinski definition) is 3. The number of nitrogens with one attached hydrogen (secondary N) is 2. The van der Waals surface area contributed by atoms with Crippen molar-refractivity contribution in [3.63, 3.8) is 0 Å². The number of ether oxygens (including phenoxy) is 1. The Bertz CT molecular complexity index is 685. The van der Waals surface area contributed by atoms with Crippen LogP contribution in [0.2, 0.25) is 5.02 Å². The first-order valence-electron chi connectivity index (χ1n) is 8.37. The fraction of sp³-hybridized carbons (Fsp3) is 0.316. The standard InChI is InChI=1S/C19H22ClN3OS/c20-17-5-7-18(8-6-17)22-19(25)21-13-15-1-3-16(4-2-15)14-23-9-11-24-12-10-23/h1-8H,9-14H2,(H2,21,22,25). The van der Waals surface area contributed by atoms with E-state index in [4.69, 9.17) is 28.6 Å². The molecule has 0 aromatic heterocycles. The summed E-state index contributed by atoms with van der Waals surface area (Å²) in [6.07, 6.45) is 0. The molecular weight excluding hydrogens is 354 g/mol. The lowest BCUT2D eigenvalue weighted by Crippen LogP contribution is -2.35. The summed E-state index contributed by atoms with van der Waals surface area (Å²) in [5.41, 5.74) is 3.45. The summed E-state index contributed by atoms with van der Waals surface area (Å²) in [7, 11) is 0. The van der Waals surface area contributed by atoms with Crippen LogP contribution in [-0.4, -0.2) is 36.3 Å². The van der Waals surface area contributed by atoms with Gasteiger partial charge in [-0.3, -0.25) is 4.90 Å². The summed E-state index contributed by atoms with van der Waals surface area (Å²) >= 11 is 11.2. The largest absolute Gasteiger partial charge is 0.379 e. The molecule has 2 aromatic carbocycles. The van der Waals surface area contributed by atoms with Gasteiger partial charge in [-0.2, -0.15) is 0 Å². The third-order valence-electron chi connectivity index (χ3n) is 4.09. The molecule has 0 aliphatic carbocycles. The molecule has 0 bridgehead atoms. The van der Waals surface area contributed by atoms with Crippen LogP contribution >= 0.6 is 23.8 Å². The van der Waals surface area contributed by atoms with Gasteiger partial charge >= 0.3 is 0 Å². The van der Waals surface area contributed by atoms with Gasteiger partial charge in [-0.1, -0.05) is 35.9 Å². The highest BCUT2D eigenvalue weighted by Gasteiger charge is 2.10. The molecule has 4 nitrogen and oxygen atoms in total. The van der Waals surface area contributed by atoms with E-state index in [1.807, 2.05) is 24.3 Å². The van der Waals surface area contributed by atoms with E-state index in [1.54, 1.807) is 0 Å². The van der Waals surface area contributed by atoms with Gasteiger partial charge in [-0.15, -0.1) is 0 Å². The molecule has 1 aliphatic heterocycles. The Hall–Kier alpha value is -1.66. The quantitative estimate of drug-likeness (QED) is 0.780. The molecule has 0 amide bonds. The molecule has 25 heavy (non-hydrogen) atoms. The zero-order valence-electron chi connectivity index (χ0n) is 14.0. The molecule has 0 unspecified atom stereocenters. The lowest BCUT2D eigenvalue weighted by molar-refractivity contribution is 0.0342. The zero-order valence-corrected chi connectivity index (χ0v) is 15.6. The summed E-state index contributed by atoms with van der Waals surface area (Å²) in [4.78, 5) is 2.42. The van der Waals surface area contributed by atoms with Crippen LogP contribution in [0.4, 0.5) is 5.69 Å². The first-order chi connectivity index (χ1) is 12.2. The van der Waals surface area contributed by atoms with Crippen molar-refractivity contribution < 1.29 is 4.74 Å². The van der Waals surface area contributed by atoms with Crippen LogP contribution in [-0.2, 0) is 17.8 Å². The highest BCUT2D eigenvalue weighted by Crippen LogP contribution is 2.13. The van der Waals surface area contributed by atoms with Crippen molar-refractivity contribution in [2.75, 3.05) is 31.6 Å². The van der Waals surface area contributed by atoms with Crippen LogP contribution in [0.1, 0.15) is 11.1 Å². The fourth-order valence-electron chi connectivity index (χ4n) is 2.67. The van der Waals surface area contributed by atoms with Crippen LogP contribution < -0.4 is 10.6 Å². The Balaban J connectivity index is 1.44. The Labute approximate surface area is 159 Å². The molecule has 1 aliphatic rings. The summed E-state index contributed by atoms with van der Waals surface area (Å²) in [6, 6.07) is 16.1. The van der Waals surface area contributed by atoms with Crippen molar-refractivity contribution in [3.8, 4) is 0 Å². The summed E-state index contributed by atoms with van der Waals surface area (Å²) in [5, 5.41) is 7.68. The second-order valence-corrected chi connectivity index (χ2v) is 6.86. The molecule has 0 atom stereocenters. The van der Waals surface area contributed by atoms with E-state index in [0.717, 1.165) is 38.5 Å². The zero-order chi connectivity index (χ0) is 17.5. The number of benzene rings is 2.